The number of aromatic hydroxyl groups is 2. The molecule has 0 amide bonds. The van der Waals surface area contributed by atoms with E-state index < -0.39 is 12.0 Å². The van der Waals surface area contributed by atoms with Crippen molar-refractivity contribution < 1.29 is 20.1 Å². The number of aliphatic carboxylic acids is 1. The van der Waals surface area contributed by atoms with Gasteiger partial charge in [0.1, 0.15) is 6.04 Å². The molecule has 0 spiro atoms. The highest BCUT2D eigenvalue weighted by Gasteiger charge is 2.14. The molecule has 0 aromatic heterocycles. The van der Waals surface area contributed by atoms with E-state index in [9.17, 15) is 15.0 Å². The minimum Gasteiger partial charge on any atom is -0.504 e. The number of aryl methyl sites for hydroxylation is 1. The summed E-state index contributed by atoms with van der Waals surface area (Å²) in [5, 5.41) is 27.2. The van der Waals surface area contributed by atoms with E-state index in [1.54, 1.807) is 13.0 Å². The summed E-state index contributed by atoms with van der Waals surface area (Å²) in [6.45, 7) is 1.62. The molecule has 0 unspecified atom stereocenters. The van der Waals surface area contributed by atoms with E-state index >= 15 is 0 Å². The fourth-order valence-corrected chi connectivity index (χ4v) is 1.29. The molecule has 1 atom stereocenters. The molecule has 82 valence electrons. The molecule has 1 aromatic carbocycles. The molecule has 1 rings (SSSR count). The Labute approximate surface area is 86.8 Å². The third-order valence-corrected chi connectivity index (χ3v) is 2.11. The molecule has 0 bridgehead atoms. The van der Waals surface area contributed by atoms with Gasteiger partial charge >= 0.3 is 5.97 Å². The Balaban J connectivity index is 2.92. The van der Waals surface area contributed by atoms with Gasteiger partial charge in [-0.25, -0.2) is 0 Å². The van der Waals surface area contributed by atoms with Crippen LogP contribution in [-0.4, -0.2) is 27.3 Å². The van der Waals surface area contributed by atoms with Crippen molar-refractivity contribution in [1.82, 2.24) is 0 Å². The van der Waals surface area contributed by atoms with Crippen LogP contribution in [0.4, 0.5) is 0 Å². The Bertz CT molecular complexity index is 366. The van der Waals surface area contributed by atoms with Gasteiger partial charge in [-0.3, -0.25) is 4.79 Å². The normalized spacial score (nSPS) is 12.4. The molecule has 0 fully saturated rings. The first-order chi connectivity index (χ1) is 6.91. The first kappa shape index (κ1) is 11.3. The van der Waals surface area contributed by atoms with Crippen molar-refractivity contribution in [2.45, 2.75) is 19.4 Å². The average molecular weight is 211 g/mol. The largest absolute Gasteiger partial charge is 0.504 e. The van der Waals surface area contributed by atoms with Crippen LogP contribution < -0.4 is 5.73 Å². The van der Waals surface area contributed by atoms with Gasteiger partial charge in [0.05, 0.1) is 0 Å². The second-order valence-corrected chi connectivity index (χ2v) is 3.43. The molecule has 0 saturated heterocycles. The van der Waals surface area contributed by atoms with Gasteiger partial charge in [-0.2, -0.15) is 0 Å². The van der Waals surface area contributed by atoms with Gasteiger partial charge in [-0.1, -0.05) is 6.07 Å². The molecular weight excluding hydrogens is 198 g/mol. The molecule has 0 aliphatic rings. The van der Waals surface area contributed by atoms with Crippen molar-refractivity contribution in [2.75, 3.05) is 0 Å². The quantitative estimate of drug-likeness (QED) is 0.540. The highest BCUT2D eigenvalue weighted by Crippen LogP contribution is 2.29. The highest BCUT2D eigenvalue weighted by atomic mass is 16.4. The summed E-state index contributed by atoms with van der Waals surface area (Å²) in [6, 6.07) is 1.90. The van der Waals surface area contributed by atoms with Crippen LogP contribution >= 0.6 is 0 Å². The zero-order valence-corrected chi connectivity index (χ0v) is 8.27. The van der Waals surface area contributed by atoms with E-state index in [1.807, 2.05) is 0 Å². The summed E-state index contributed by atoms with van der Waals surface area (Å²) >= 11 is 0. The fraction of sp³-hybridized carbons (Fsp3) is 0.300. The van der Waals surface area contributed by atoms with E-state index in [0.29, 0.717) is 11.1 Å². The van der Waals surface area contributed by atoms with Gasteiger partial charge in [-0.05, 0) is 30.5 Å². The van der Waals surface area contributed by atoms with Crippen molar-refractivity contribution in [2.24, 2.45) is 5.73 Å². The first-order valence-electron chi connectivity index (χ1n) is 4.41. The third-order valence-electron chi connectivity index (χ3n) is 2.11. The molecule has 15 heavy (non-hydrogen) atoms. The van der Waals surface area contributed by atoms with Gasteiger partial charge < -0.3 is 21.1 Å². The maximum Gasteiger partial charge on any atom is 0.320 e. The van der Waals surface area contributed by atoms with E-state index in [-0.39, 0.29) is 17.9 Å². The number of hydrogen-bond donors (Lipinski definition) is 4. The molecule has 0 radical (unpaired) electrons. The number of hydrogen-bond acceptors (Lipinski definition) is 4. The zero-order valence-electron chi connectivity index (χ0n) is 8.27. The lowest BCUT2D eigenvalue weighted by Gasteiger charge is -2.09. The lowest BCUT2D eigenvalue weighted by Crippen LogP contribution is -2.32. The van der Waals surface area contributed by atoms with Crippen LogP contribution in [0, 0.1) is 6.92 Å². The minimum absolute atomic E-state index is 0.115. The van der Waals surface area contributed by atoms with Crippen LogP contribution in [-0.2, 0) is 11.2 Å². The molecule has 0 aliphatic heterocycles. The van der Waals surface area contributed by atoms with Crippen molar-refractivity contribution >= 4 is 5.97 Å². The molecule has 5 N–H and O–H groups in total. The number of carboxylic acids is 1. The number of phenolic OH excluding ortho intramolecular Hbond substituents is 2. The summed E-state index contributed by atoms with van der Waals surface area (Å²) in [5.74, 6) is -1.55. The number of benzene rings is 1. The molecular formula is C10H13NO4. The maximum absolute atomic E-state index is 10.5. The molecule has 0 aliphatic carbocycles. The fourth-order valence-electron chi connectivity index (χ4n) is 1.29. The summed E-state index contributed by atoms with van der Waals surface area (Å²) in [6.07, 6.45) is 0.115. The van der Waals surface area contributed by atoms with Crippen LogP contribution in [0.5, 0.6) is 11.5 Å². The van der Waals surface area contributed by atoms with Gasteiger partial charge in [0.2, 0.25) is 0 Å². The lowest BCUT2D eigenvalue weighted by atomic mass is 10.0. The molecule has 5 nitrogen and oxygen atoms in total. The number of carbonyl (C=O) groups is 1. The smallest absolute Gasteiger partial charge is 0.320 e. The van der Waals surface area contributed by atoms with Crippen LogP contribution in [0.2, 0.25) is 0 Å². The average Bonchev–Trinajstić information content (AvgIpc) is 2.13. The number of nitrogens with two attached hydrogens (primary N) is 1. The Morgan fingerprint density at radius 1 is 1.47 bits per heavy atom. The van der Waals surface area contributed by atoms with Crippen LogP contribution in [0.25, 0.3) is 0 Å². The van der Waals surface area contributed by atoms with Gasteiger partial charge in [0, 0.05) is 0 Å². The maximum atomic E-state index is 10.5. The van der Waals surface area contributed by atoms with Gasteiger partial charge in [0.15, 0.2) is 11.5 Å². The van der Waals surface area contributed by atoms with E-state index in [1.165, 1.54) is 6.07 Å². The molecule has 1 aromatic rings. The van der Waals surface area contributed by atoms with Gasteiger partial charge in [0.25, 0.3) is 0 Å². The van der Waals surface area contributed by atoms with Crippen molar-refractivity contribution in [3.05, 3.63) is 23.3 Å². The first-order valence-corrected chi connectivity index (χ1v) is 4.41. The van der Waals surface area contributed by atoms with Crippen molar-refractivity contribution in [1.29, 1.82) is 0 Å². The lowest BCUT2D eigenvalue weighted by molar-refractivity contribution is -0.138. The Hall–Kier alpha value is -1.75. The number of phenols is 2. The summed E-state index contributed by atoms with van der Waals surface area (Å²) in [4.78, 5) is 10.5. The van der Waals surface area contributed by atoms with E-state index in [4.69, 9.17) is 10.8 Å². The summed E-state index contributed by atoms with van der Waals surface area (Å²) in [5.41, 5.74) is 6.41. The summed E-state index contributed by atoms with van der Waals surface area (Å²) in [7, 11) is 0. The highest BCUT2D eigenvalue weighted by molar-refractivity contribution is 5.73. The summed E-state index contributed by atoms with van der Waals surface area (Å²) < 4.78 is 0. The third kappa shape index (κ3) is 2.60. The molecule has 0 saturated carbocycles. The second-order valence-electron chi connectivity index (χ2n) is 3.43. The Morgan fingerprint density at radius 2 is 2.07 bits per heavy atom. The standard InChI is InChI=1S/C10H13NO4/c1-5-2-6(3-7(11)10(14)15)4-8(12)9(5)13/h2,4,7,12-13H,3,11H2,1H3,(H,14,15)/t7-/m0/s1. The minimum atomic E-state index is -1.10. The SMILES string of the molecule is Cc1cc(C[C@H](N)C(=O)O)cc(O)c1O. The monoisotopic (exact) mass is 211 g/mol. The number of rotatable bonds is 3. The van der Waals surface area contributed by atoms with Crippen molar-refractivity contribution in [3.8, 4) is 11.5 Å². The topological polar surface area (TPSA) is 104 Å². The van der Waals surface area contributed by atoms with E-state index in [2.05, 4.69) is 0 Å². The molecule has 0 heterocycles. The predicted molar refractivity (Wildman–Crippen MR) is 53.8 cm³/mol. The zero-order chi connectivity index (χ0) is 11.6. The van der Waals surface area contributed by atoms with Crippen LogP contribution in [0.15, 0.2) is 12.1 Å². The second kappa shape index (κ2) is 4.18. The molecule has 5 heteroatoms. The van der Waals surface area contributed by atoms with Crippen LogP contribution in [0.1, 0.15) is 11.1 Å². The van der Waals surface area contributed by atoms with E-state index in [0.717, 1.165) is 0 Å². The van der Waals surface area contributed by atoms with Gasteiger partial charge in [-0.15, -0.1) is 0 Å². The Kier molecular flexibility index (Phi) is 3.16. The van der Waals surface area contributed by atoms with Crippen molar-refractivity contribution in [3.63, 3.8) is 0 Å². The predicted octanol–water partition coefficient (Wildman–Crippen LogP) is 0.361. The number of carboxylic acid groups (broad SMARTS) is 1. The Morgan fingerprint density at radius 3 is 2.53 bits per heavy atom. The van der Waals surface area contributed by atoms with Crippen LogP contribution in [0.3, 0.4) is 0 Å².